The van der Waals surface area contributed by atoms with Gasteiger partial charge in [-0.1, -0.05) is 18.6 Å². The van der Waals surface area contributed by atoms with Crippen molar-refractivity contribution in [2.45, 2.75) is 50.9 Å². The number of nitrogens with zero attached hydrogens (tertiary/aromatic N) is 4. The fourth-order valence-corrected chi connectivity index (χ4v) is 4.22. The minimum absolute atomic E-state index is 0.0159. The van der Waals surface area contributed by atoms with E-state index in [9.17, 15) is 0 Å². The van der Waals surface area contributed by atoms with Crippen LogP contribution in [0.2, 0.25) is 0 Å². The van der Waals surface area contributed by atoms with E-state index in [1.807, 2.05) is 31.2 Å². The summed E-state index contributed by atoms with van der Waals surface area (Å²) in [5.41, 5.74) is 2.32. The molecule has 4 rings (SSSR count). The molecule has 1 saturated carbocycles. The van der Waals surface area contributed by atoms with Gasteiger partial charge in [-0.25, -0.2) is 0 Å². The topological polar surface area (TPSA) is 63.9 Å². The van der Waals surface area contributed by atoms with Crippen LogP contribution in [-0.2, 0) is 18.3 Å². The van der Waals surface area contributed by atoms with Crippen molar-refractivity contribution in [2.24, 2.45) is 12.0 Å². The standard InChI is InChI=1S/C23H33N5O2/c1-24-23(28-12-13-29-22(17-28)19-15-26-27(2)16-19)25-14-18-8-10-21(11-9-18)30-20-6-4-3-5-7-20/h8-11,15-16,20,22H,3-7,12-14,17H2,1-2H3,(H,24,25). The largest absolute Gasteiger partial charge is 0.490 e. The fraction of sp³-hybridized carbons (Fsp3) is 0.565. The van der Waals surface area contributed by atoms with Crippen molar-refractivity contribution in [3.8, 4) is 5.75 Å². The normalized spacial score (nSPS) is 20.9. The second-order valence-corrected chi connectivity index (χ2v) is 8.18. The van der Waals surface area contributed by atoms with Crippen LogP contribution in [0.3, 0.4) is 0 Å². The molecule has 2 aliphatic rings. The lowest BCUT2D eigenvalue weighted by Gasteiger charge is -2.34. The lowest BCUT2D eigenvalue weighted by molar-refractivity contribution is -0.00805. The summed E-state index contributed by atoms with van der Waals surface area (Å²) in [6, 6.07) is 8.44. The van der Waals surface area contributed by atoms with Crippen LogP contribution < -0.4 is 10.1 Å². The van der Waals surface area contributed by atoms with E-state index in [2.05, 4.69) is 44.6 Å². The number of aryl methyl sites for hydroxylation is 1. The molecule has 30 heavy (non-hydrogen) atoms. The van der Waals surface area contributed by atoms with E-state index in [1.54, 1.807) is 0 Å². The van der Waals surface area contributed by atoms with Crippen LogP contribution in [0.1, 0.15) is 49.3 Å². The molecule has 0 spiro atoms. The van der Waals surface area contributed by atoms with Crippen molar-refractivity contribution >= 4 is 5.96 Å². The number of hydrogen-bond acceptors (Lipinski definition) is 4. The summed E-state index contributed by atoms with van der Waals surface area (Å²) < 4.78 is 13.9. The molecule has 1 saturated heterocycles. The molecule has 2 heterocycles. The summed E-state index contributed by atoms with van der Waals surface area (Å²) in [4.78, 5) is 6.74. The van der Waals surface area contributed by atoms with E-state index in [-0.39, 0.29) is 6.10 Å². The predicted molar refractivity (Wildman–Crippen MR) is 118 cm³/mol. The van der Waals surface area contributed by atoms with Crippen molar-refractivity contribution in [2.75, 3.05) is 26.7 Å². The Bertz CT molecular complexity index is 826. The first-order valence-electron chi connectivity index (χ1n) is 11.0. The quantitative estimate of drug-likeness (QED) is 0.604. The Hall–Kier alpha value is -2.54. The highest BCUT2D eigenvalue weighted by molar-refractivity contribution is 5.80. The molecule has 2 aromatic rings. The van der Waals surface area contributed by atoms with Gasteiger partial charge in [0.15, 0.2) is 5.96 Å². The lowest BCUT2D eigenvalue weighted by atomic mass is 9.98. The van der Waals surface area contributed by atoms with Crippen LogP contribution in [-0.4, -0.2) is 53.5 Å². The first-order chi connectivity index (χ1) is 14.7. The summed E-state index contributed by atoms with van der Waals surface area (Å²) in [5, 5.41) is 7.76. The number of hydrogen-bond donors (Lipinski definition) is 1. The Morgan fingerprint density at radius 3 is 2.73 bits per heavy atom. The summed E-state index contributed by atoms with van der Waals surface area (Å²) in [6.07, 6.45) is 10.6. The Morgan fingerprint density at radius 2 is 2.03 bits per heavy atom. The lowest BCUT2D eigenvalue weighted by Crippen LogP contribution is -2.47. The maximum absolute atomic E-state index is 6.13. The molecule has 1 aromatic heterocycles. The number of rotatable bonds is 5. The summed E-state index contributed by atoms with van der Waals surface area (Å²) in [7, 11) is 3.76. The summed E-state index contributed by atoms with van der Waals surface area (Å²) in [6.45, 7) is 2.99. The van der Waals surface area contributed by atoms with Gasteiger partial charge in [-0.3, -0.25) is 9.67 Å². The molecule has 2 fully saturated rings. The highest BCUT2D eigenvalue weighted by Gasteiger charge is 2.25. The average molecular weight is 412 g/mol. The molecule has 0 bridgehead atoms. The highest BCUT2D eigenvalue weighted by Crippen LogP contribution is 2.24. The number of nitrogens with one attached hydrogen (secondary N) is 1. The fourth-order valence-electron chi connectivity index (χ4n) is 4.22. The Balaban J connectivity index is 1.29. The number of benzene rings is 1. The average Bonchev–Trinajstić information content (AvgIpc) is 3.23. The minimum atomic E-state index is 0.0159. The van der Waals surface area contributed by atoms with Gasteiger partial charge in [0.1, 0.15) is 11.9 Å². The van der Waals surface area contributed by atoms with Crippen molar-refractivity contribution < 1.29 is 9.47 Å². The zero-order valence-corrected chi connectivity index (χ0v) is 18.1. The molecular weight excluding hydrogens is 378 g/mol. The third-order valence-corrected chi connectivity index (χ3v) is 5.90. The number of aromatic nitrogens is 2. The smallest absolute Gasteiger partial charge is 0.194 e. The zero-order chi connectivity index (χ0) is 20.8. The van der Waals surface area contributed by atoms with E-state index in [1.165, 1.54) is 37.7 Å². The van der Waals surface area contributed by atoms with Crippen LogP contribution >= 0.6 is 0 Å². The third-order valence-electron chi connectivity index (χ3n) is 5.90. The second kappa shape index (κ2) is 9.98. The first-order valence-corrected chi connectivity index (χ1v) is 11.0. The van der Waals surface area contributed by atoms with Gasteiger partial charge in [-0.15, -0.1) is 0 Å². The van der Waals surface area contributed by atoms with E-state index >= 15 is 0 Å². The highest BCUT2D eigenvalue weighted by atomic mass is 16.5. The number of morpholine rings is 1. The molecule has 1 aliphatic heterocycles. The van der Waals surface area contributed by atoms with Crippen LogP contribution in [0.4, 0.5) is 0 Å². The van der Waals surface area contributed by atoms with Crippen LogP contribution in [0.5, 0.6) is 5.75 Å². The zero-order valence-electron chi connectivity index (χ0n) is 18.1. The molecular formula is C23H33N5O2. The summed E-state index contributed by atoms with van der Waals surface area (Å²) in [5.74, 6) is 1.87. The van der Waals surface area contributed by atoms with Crippen LogP contribution in [0, 0.1) is 0 Å². The number of guanidine groups is 1. The van der Waals surface area contributed by atoms with E-state index < -0.39 is 0 Å². The van der Waals surface area contributed by atoms with Gasteiger partial charge in [0, 0.05) is 38.9 Å². The maximum atomic E-state index is 6.13. The Labute approximate surface area is 179 Å². The van der Waals surface area contributed by atoms with Gasteiger partial charge in [-0.2, -0.15) is 5.10 Å². The van der Waals surface area contributed by atoms with E-state index in [4.69, 9.17) is 9.47 Å². The van der Waals surface area contributed by atoms with Crippen molar-refractivity contribution in [1.29, 1.82) is 0 Å². The Morgan fingerprint density at radius 1 is 1.23 bits per heavy atom. The van der Waals surface area contributed by atoms with E-state index in [0.29, 0.717) is 12.7 Å². The van der Waals surface area contributed by atoms with Gasteiger partial charge in [0.25, 0.3) is 0 Å². The third kappa shape index (κ3) is 5.33. The first kappa shape index (κ1) is 20.7. The van der Waals surface area contributed by atoms with E-state index in [0.717, 1.165) is 36.9 Å². The van der Waals surface area contributed by atoms with Crippen LogP contribution in [0.25, 0.3) is 0 Å². The van der Waals surface area contributed by atoms with Gasteiger partial charge in [-0.05, 0) is 43.4 Å². The van der Waals surface area contributed by atoms with Gasteiger partial charge in [0.2, 0.25) is 0 Å². The molecule has 1 atom stereocenters. The minimum Gasteiger partial charge on any atom is -0.490 e. The van der Waals surface area contributed by atoms with Crippen molar-refractivity contribution in [3.63, 3.8) is 0 Å². The summed E-state index contributed by atoms with van der Waals surface area (Å²) >= 11 is 0. The molecule has 0 amide bonds. The van der Waals surface area contributed by atoms with Crippen LogP contribution in [0.15, 0.2) is 41.7 Å². The SMILES string of the molecule is CN=C(NCc1ccc(OC2CCCCC2)cc1)N1CCOC(c2cnn(C)c2)C1. The Kier molecular flexibility index (Phi) is 6.89. The molecule has 1 N–H and O–H groups in total. The van der Waals surface area contributed by atoms with Gasteiger partial charge < -0.3 is 19.7 Å². The molecule has 162 valence electrons. The predicted octanol–water partition coefficient (Wildman–Crippen LogP) is 3.28. The maximum Gasteiger partial charge on any atom is 0.194 e. The molecule has 7 nitrogen and oxygen atoms in total. The van der Waals surface area contributed by atoms with Gasteiger partial charge in [0.05, 0.1) is 25.5 Å². The van der Waals surface area contributed by atoms with Crippen molar-refractivity contribution in [1.82, 2.24) is 20.0 Å². The second-order valence-electron chi connectivity index (χ2n) is 8.18. The monoisotopic (exact) mass is 411 g/mol. The molecule has 1 aliphatic carbocycles. The van der Waals surface area contributed by atoms with Crippen molar-refractivity contribution in [3.05, 3.63) is 47.8 Å². The molecule has 7 heteroatoms. The molecule has 1 unspecified atom stereocenters. The molecule has 1 aromatic carbocycles. The number of aliphatic imine (C=N–C) groups is 1. The van der Waals surface area contributed by atoms with Gasteiger partial charge >= 0.3 is 0 Å². The number of ether oxygens (including phenoxy) is 2. The molecule has 0 radical (unpaired) electrons.